The molecule has 9 nitrogen and oxygen atoms in total. The first-order chi connectivity index (χ1) is 17.0. The zero-order chi connectivity index (χ0) is 24.4. The topological polar surface area (TPSA) is 125 Å². The van der Waals surface area contributed by atoms with E-state index in [1.165, 1.54) is 11.2 Å². The van der Waals surface area contributed by atoms with Gasteiger partial charge in [0.1, 0.15) is 12.6 Å². The third-order valence-electron chi connectivity index (χ3n) is 6.76. The molecule has 3 aromatic rings. The van der Waals surface area contributed by atoms with Crippen molar-refractivity contribution in [3.63, 3.8) is 0 Å². The number of fused-ring (bicyclic) bond motifs is 3. The number of imidazole rings is 1. The van der Waals surface area contributed by atoms with Crippen LogP contribution in [0.5, 0.6) is 0 Å². The Balaban J connectivity index is 1.27. The predicted octanol–water partition coefficient (Wildman–Crippen LogP) is 2.79. The van der Waals surface area contributed by atoms with Gasteiger partial charge in [-0.1, -0.05) is 48.5 Å². The standard InChI is InChI=1S/C26H26N4O5/c31-24(30-10-9-16(13-30)25(32)33)23(11-17-12-27-15-28-17)29-26(34)35-14-22-20-7-3-1-5-18(20)19-6-2-4-8-21(19)22/h1-8,12,15-16,22-23H,9-11,13-14H2,(H,27,28)(H,29,34)(H,32,33)/t16?,23-/m1/s1. The average Bonchev–Trinajstić information content (AvgIpc) is 3.61. The molecule has 1 fully saturated rings. The van der Waals surface area contributed by atoms with Gasteiger partial charge < -0.3 is 25.0 Å². The number of ether oxygens (including phenoxy) is 1. The number of alkyl carbamates (subject to hydrolysis) is 1. The lowest BCUT2D eigenvalue weighted by atomic mass is 9.98. The fraction of sp³-hybridized carbons (Fsp3) is 0.308. The number of likely N-dealkylation sites (tertiary alicyclic amines) is 1. The molecule has 0 spiro atoms. The molecule has 2 aromatic carbocycles. The lowest BCUT2D eigenvalue weighted by Crippen LogP contribution is -2.49. The van der Waals surface area contributed by atoms with Crippen molar-refractivity contribution in [1.29, 1.82) is 0 Å². The third kappa shape index (κ3) is 4.62. The molecule has 2 amide bonds. The molecule has 0 saturated carbocycles. The van der Waals surface area contributed by atoms with Crippen molar-refractivity contribution in [2.24, 2.45) is 5.92 Å². The molecule has 9 heteroatoms. The Kier molecular flexibility index (Phi) is 6.22. The minimum atomic E-state index is -0.921. The molecular weight excluding hydrogens is 448 g/mol. The molecule has 1 saturated heterocycles. The lowest BCUT2D eigenvalue weighted by Gasteiger charge is -2.24. The number of aromatic amines is 1. The van der Waals surface area contributed by atoms with Crippen LogP contribution in [0.3, 0.4) is 0 Å². The van der Waals surface area contributed by atoms with E-state index in [2.05, 4.69) is 27.4 Å². The smallest absolute Gasteiger partial charge is 0.407 e. The number of nitrogens with zero attached hydrogens (tertiary/aromatic N) is 2. The molecule has 35 heavy (non-hydrogen) atoms. The summed E-state index contributed by atoms with van der Waals surface area (Å²) in [6.07, 6.45) is 2.98. The van der Waals surface area contributed by atoms with Gasteiger partial charge in [-0.3, -0.25) is 9.59 Å². The molecule has 1 aromatic heterocycles. The number of nitrogens with one attached hydrogen (secondary N) is 2. The minimum absolute atomic E-state index is 0.0928. The van der Waals surface area contributed by atoms with Gasteiger partial charge in [0.25, 0.3) is 0 Å². The zero-order valence-electron chi connectivity index (χ0n) is 19.0. The molecule has 2 aliphatic rings. The number of hydrogen-bond donors (Lipinski definition) is 3. The minimum Gasteiger partial charge on any atom is -0.481 e. The van der Waals surface area contributed by atoms with Crippen molar-refractivity contribution < 1.29 is 24.2 Å². The van der Waals surface area contributed by atoms with Crippen molar-refractivity contribution in [3.05, 3.63) is 77.9 Å². The lowest BCUT2D eigenvalue weighted by molar-refractivity contribution is -0.141. The summed E-state index contributed by atoms with van der Waals surface area (Å²) in [6.45, 7) is 0.595. The van der Waals surface area contributed by atoms with E-state index in [1.807, 2.05) is 36.4 Å². The first-order valence-electron chi connectivity index (χ1n) is 11.6. The number of aromatic nitrogens is 2. The quantitative estimate of drug-likeness (QED) is 0.484. The summed E-state index contributed by atoms with van der Waals surface area (Å²) >= 11 is 0. The van der Waals surface area contributed by atoms with Crippen molar-refractivity contribution in [3.8, 4) is 11.1 Å². The highest BCUT2D eigenvalue weighted by Crippen LogP contribution is 2.44. The summed E-state index contributed by atoms with van der Waals surface area (Å²) in [6, 6.07) is 15.2. The molecule has 2 heterocycles. The van der Waals surface area contributed by atoms with Crippen molar-refractivity contribution in [2.75, 3.05) is 19.7 Å². The van der Waals surface area contributed by atoms with Gasteiger partial charge >= 0.3 is 12.1 Å². The maximum atomic E-state index is 13.2. The summed E-state index contributed by atoms with van der Waals surface area (Å²) in [5, 5.41) is 12.0. The number of carbonyl (C=O) groups excluding carboxylic acids is 2. The largest absolute Gasteiger partial charge is 0.481 e. The molecule has 1 aliphatic heterocycles. The van der Waals surface area contributed by atoms with Gasteiger partial charge in [0.15, 0.2) is 0 Å². The Labute approximate surface area is 202 Å². The highest BCUT2D eigenvalue weighted by Gasteiger charge is 2.35. The Morgan fingerprint density at radius 2 is 1.80 bits per heavy atom. The molecule has 0 radical (unpaired) electrons. The van der Waals surface area contributed by atoms with Gasteiger partial charge in [0.05, 0.1) is 12.2 Å². The summed E-state index contributed by atoms with van der Waals surface area (Å²) in [7, 11) is 0. The summed E-state index contributed by atoms with van der Waals surface area (Å²) in [4.78, 5) is 45.8. The molecular formula is C26H26N4O5. The van der Waals surface area contributed by atoms with Crippen LogP contribution in [0, 0.1) is 5.92 Å². The molecule has 1 unspecified atom stereocenters. The second-order valence-corrected chi connectivity index (χ2v) is 8.91. The van der Waals surface area contributed by atoms with Crippen molar-refractivity contribution >= 4 is 18.0 Å². The van der Waals surface area contributed by atoms with Gasteiger partial charge in [0.2, 0.25) is 5.91 Å². The monoisotopic (exact) mass is 474 g/mol. The van der Waals surface area contributed by atoms with Crippen molar-refractivity contribution in [2.45, 2.75) is 24.8 Å². The van der Waals surface area contributed by atoms with Crippen LogP contribution >= 0.6 is 0 Å². The third-order valence-corrected chi connectivity index (χ3v) is 6.76. The van der Waals surface area contributed by atoms with Gasteiger partial charge in [0, 0.05) is 37.3 Å². The normalized spacial score (nSPS) is 17.5. The van der Waals surface area contributed by atoms with Gasteiger partial charge in [-0.05, 0) is 28.7 Å². The van der Waals surface area contributed by atoms with Gasteiger partial charge in [-0.2, -0.15) is 0 Å². The van der Waals surface area contributed by atoms with Crippen LogP contribution < -0.4 is 5.32 Å². The van der Waals surface area contributed by atoms with E-state index >= 15 is 0 Å². The number of amides is 2. The number of H-pyrrole nitrogens is 1. The highest BCUT2D eigenvalue weighted by molar-refractivity contribution is 5.87. The van der Waals surface area contributed by atoms with Crippen LogP contribution in [0.2, 0.25) is 0 Å². The predicted molar refractivity (Wildman–Crippen MR) is 127 cm³/mol. The second-order valence-electron chi connectivity index (χ2n) is 8.91. The number of rotatable bonds is 7. The van der Waals surface area contributed by atoms with E-state index in [0.717, 1.165) is 22.3 Å². The molecule has 180 valence electrons. The molecule has 2 atom stereocenters. The highest BCUT2D eigenvalue weighted by atomic mass is 16.5. The average molecular weight is 475 g/mol. The molecule has 3 N–H and O–H groups in total. The van der Waals surface area contributed by atoms with Crippen LogP contribution in [-0.4, -0.2) is 63.7 Å². The van der Waals surface area contributed by atoms with E-state index < -0.39 is 24.0 Å². The number of carboxylic acid groups (broad SMARTS) is 1. The number of carbonyl (C=O) groups is 3. The summed E-state index contributed by atoms with van der Waals surface area (Å²) < 4.78 is 5.62. The Morgan fingerprint density at radius 1 is 1.11 bits per heavy atom. The fourth-order valence-electron chi connectivity index (χ4n) is 4.98. The number of aliphatic carboxylic acids is 1. The van der Waals surface area contributed by atoms with E-state index in [1.54, 1.807) is 6.20 Å². The maximum Gasteiger partial charge on any atom is 0.407 e. The van der Waals surface area contributed by atoms with E-state index in [0.29, 0.717) is 18.7 Å². The first-order valence-corrected chi connectivity index (χ1v) is 11.6. The number of carboxylic acids is 1. The number of benzene rings is 2. The van der Waals surface area contributed by atoms with E-state index in [4.69, 9.17) is 4.74 Å². The summed E-state index contributed by atoms with van der Waals surface area (Å²) in [5.41, 5.74) is 5.14. The van der Waals surface area contributed by atoms with E-state index in [-0.39, 0.29) is 31.4 Å². The van der Waals surface area contributed by atoms with Crippen LogP contribution in [0.4, 0.5) is 4.79 Å². The Hall–Kier alpha value is -4.14. The second kappa shape index (κ2) is 9.61. The molecule has 0 bridgehead atoms. The Bertz CT molecular complexity index is 1200. The van der Waals surface area contributed by atoms with Crippen LogP contribution in [0.25, 0.3) is 11.1 Å². The van der Waals surface area contributed by atoms with Gasteiger partial charge in [-0.25, -0.2) is 9.78 Å². The van der Waals surface area contributed by atoms with Crippen LogP contribution in [0.15, 0.2) is 61.1 Å². The number of hydrogen-bond acceptors (Lipinski definition) is 5. The van der Waals surface area contributed by atoms with Crippen LogP contribution in [0.1, 0.15) is 29.2 Å². The molecule has 1 aliphatic carbocycles. The zero-order valence-corrected chi connectivity index (χ0v) is 19.0. The fourth-order valence-corrected chi connectivity index (χ4v) is 4.98. The van der Waals surface area contributed by atoms with Crippen LogP contribution in [-0.2, 0) is 20.7 Å². The molecule has 5 rings (SSSR count). The summed E-state index contributed by atoms with van der Waals surface area (Å²) in [5.74, 6) is -1.95. The van der Waals surface area contributed by atoms with Gasteiger partial charge in [-0.15, -0.1) is 0 Å². The first kappa shape index (κ1) is 22.6. The van der Waals surface area contributed by atoms with Crippen molar-refractivity contribution in [1.82, 2.24) is 20.2 Å². The maximum absolute atomic E-state index is 13.2. The SMILES string of the molecule is O=C(N[C@H](Cc1cnc[nH]1)C(=O)N1CCC(C(=O)O)C1)OCC1c2ccccc2-c2ccccc21. The Morgan fingerprint density at radius 3 is 2.40 bits per heavy atom. The van der Waals surface area contributed by atoms with E-state index in [9.17, 15) is 19.5 Å².